The lowest BCUT2D eigenvalue weighted by Crippen LogP contribution is -2.16. The molecule has 0 saturated heterocycles. The highest BCUT2D eigenvalue weighted by molar-refractivity contribution is 5.50. The van der Waals surface area contributed by atoms with E-state index in [4.69, 9.17) is 5.73 Å². The van der Waals surface area contributed by atoms with Gasteiger partial charge in [-0.2, -0.15) is 0 Å². The van der Waals surface area contributed by atoms with E-state index in [1.807, 2.05) is 18.2 Å². The Bertz CT molecular complexity index is 547. The topological polar surface area (TPSA) is 64.7 Å². The lowest BCUT2D eigenvalue weighted by atomic mass is 9.92. The molecule has 2 aromatic rings. The van der Waals surface area contributed by atoms with Crippen molar-refractivity contribution in [2.75, 3.05) is 5.73 Å². The molecule has 3 rings (SSSR count). The number of hydrogen-bond acceptors (Lipinski definition) is 4. The van der Waals surface area contributed by atoms with E-state index in [-0.39, 0.29) is 5.41 Å². The minimum absolute atomic E-state index is 0.0426. The van der Waals surface area contributed by atoms with Gasteiger partial charge < -0.3 is 5.73 Å². The number of benzene rings is 1. The van der Waals surface area contributed by atoms with Gasteiger partial charge >= 0.3 is 0 Å². The molecule has 0 unspecified atom stereocenters. The fourth-order valence-electron chi connectivity index (χ4n) is 2.31. The van der Waals surface area contributed by atoms with Crippen LogP contribution in [-0.4, -0.2) is 15.2 Å². The highest BCUT2D eigenvalue weighted by Gasteiger charge is 2.49. The monoisotopic (exact) mass is 226 g/mol. The summed E-state index contributed by atoms with van der Waals surface area (Å²) in [5.41, 5.74) is 8.01. The summed E-state index contributed by atoms with van der Waals surface area (Å²) in [6.45, 7) is 1.80. The van der Waals surface area contributed by atoms with E-state index in [0.29, 0.717) is 11.6 Å². The molecule has 1 saturated carbocycles. The van der Waals surface area contributed by atoms with Crippen molar-refractivity contribution in [1.29, 1.82) is 0 Å². The summed E-state index contributed by atoms with van der Waals surface area (Å²) in [6.07, 6.45) is 2.14. The third-order valence-corrected chi connectivity index (χ3v) is 3.35. The van der Waals surface area contributed by atoms with Crippen molar-refractivity contribution in [2.24, 2.45) is 0 Å². The molecule has 0 aliphatic heterocycles. The maximum Gasteiger partial charge on any atom is 0.150 e. The smallest absolute Gasteiger partial charge is 0.150 e. The number of nitrogens with zero attached hydrogens (tertiary/aromatic N) is 3. The second-order valence-electron chi connectivity index (χ2n) is 4.54. The van der Waals surface area contributed by atoms with Crippen molar-refractivity contribution in [2.45, 2.75) is 25.2 Å². The molecule has 86 valence electrons. The lowest BCUT2D eigenvalue weighted by molar-refractivity contribution is 0.744. The maximum atomic E-state index is 5.97. The van der Waals surface area contributed by atoms with E-state index < -0.39 is 0 Å². The quantitative estimate of drug-likeness (QED) is 0.848. The SMILES string of the molecule is Cc1nnc(C2(c3ccccc3)CC2)c(N)n1. The van der Waals surface area contributed by atoms with Crippen LogP contribution in [0.2, 0.25) is 0 Å². The van der Waals surface area contributed by atoms with Gasteiger partial charge in [0.2, 0.25) is 0 Å². The van der Waals surface area contributed by atoms with E-state index >= 15 is 0 Å². The van der Waals surface area contributed by atoms with Gasteiger partial charge in [0.05, 0.1) is 0 Å². The molecule has 17 heavy (non-hydrogen) atoms. The fourth-order valence-corrected chi connectivity index (χ4v) is 2.31. The van der Waals surface area contributed by atoms with Crippen LogP contribution < -0.4 is 5.73 Å². The number of aryl methyl sites for hydroxylation is 1. The Hall–Kier alpha value is -1.97. The summed E-state index contributed by atoms with van der Waals surface area (Å²) in [5.74, 6) is 1.13. The Morgan fingerprint density at radius 2 is 1.82 bits per heavy atom. The third kappa shape index (κ3) is 1.56. The van der Waals surface area contributed by atoms with Gasteiger partial charge in [0.15, 0.2) is 0 Å². The van der Waals surface area contributed by atoms with Crippen LogP contribution >= 0.6 is 0 Å². The van der Waals surface area contributed by atoms with Crippen LogP contribution in [0.5, 0.6) is 0 Å². The highest BCUT2D eigenvalue weighted by atomic mass is 15.2. The van der Waals surface area contributed by atoms with E-state index in [1.165, 1.54) is 5.56 Å². The van der Waals surface area contributed by atoms with E-state index in [2.05, 4.69) is 27.3 Å². The van der Waals surface area contributed by atoms with Crippen molar-refractivity contribution in [3.63, 3.8) is 0 Å². The number of aromatic nitrogens is 3. The summed E-state index contributed by atoms with van der Waals surface area (Å²) >= 11 is 0. The number of nitrogens with two attached hydrogens (primary N) is 1. The van der Waals surface area contributed by atoms with Gasteiger partial charge in [-0.15, -0.1) is 10.2 Å². The molecule has 1 fully saturated rings. The van der Waals surface area contributed by atoms with Gasteiger partial charge in [0.25, 0.3) is 0 Å². The molecule has 0 bridgehead atoms. The van der Waals surface area contributed by atoms with E-state index in [9.17, 15) is 0 Å². The Morgan fingerprint density at radius 3 is 2.41 bits per heavy atom. The lowest BCUT2D eigenvalue weighted by Gasteiger charge is -2.15. The first-order valence-electron chi connectivity index (χ1n) is 5.75. The summed E-state index contributed by atoms with van der Waals surface area (Å²) in [4.78, 5) is 4.21. The first kappa shape index (κ1) is 10.2. The van der Waals surface area contributed by atoms with Crippen molar-refractivity contribution < 1.29 is 0 Å². The van der Waals surface area contributed by atoms with Gasteiger partial charge in [-0.3, -0.25) is 0 Å². The van der Waals surface area contributed by atoms with Crippen LogP contribution in [0.3, 0.4) is 0 Å². The standard InChI is InChI=1S/C13H14N4/c1-9-15-12(14)11(17-16-9)13(7-8-13)10-5-3-2-4-6-10/h2-6H,7-8H2,1H3,(H2,14,15,16). The van der Waals surface area contributed by atoms with Crippen LogP contribution in [0.25, 0.3) is 0 Å². The molecular weight excluding hydrogens is 212 g/mol. The molecular formula is C13H14N4. The summed E-state index contributed by atoms with van der Waals surface area (Å²) < 4.78 is 0. The van der Waals surface area contributed by atoms with Gasteiger partial charge in [0, 0.05) is 5.41 Å². The molecule has 1 aliphatic rings. The van der Waals surface area contributed by atoms with Crippen LogP contribution in [0.1, 0.15) is 29.9 Å². The average Bonchev–Trinajstić information content (AvgIpc) is 3.11. The molecule has 4 nitrogen and oxygen atoms in total. The molecule has 1 aromatic carbocycles. The van der Waals surface area contributed by atoms with E-state index in [0.717, 1.165) is 18.5 Å². The maximum absolute atomic E-state index is 5.97. The second kappa shape index (κ2) is 3.52. The average molecular weight is 226 g/mol. The summed E-state index contributed by atoms with van der Waals surface area (Å²) in [6, 6.07) is 10.3. The Morgan fingerprint density at radius 1 is 1.12 bits per heavy atom. The molecule has 1 aliphatic carbocycles. The second-order valence-corrected chi connectivity index (χ2v) is 4.54. The van der Waals surface area contributed by atoms with Gasteiger partial charge in [-0.05, 0) is 25.3 Å². The minimum Gasteiger partial charge on any atom is -0.382 e. The van der Waals surface area contributed by atoms with Crippen LogP contribution in [-0.2, 0) is 5.41 Å². The van der Waals surface area contributed by atoms with Crippen molar-refractivity contribution in [3.05, 3.63) is 47.4 Å². The molecule has 1 heterocycles. The first-order valence-corrected chi connectivity index (χ1v) is 5.75. The zero-order chi connectivity index (χ0) is 11.9. The van der Waals surface area contributed by atoms with Crippen LogP contribution in [0.15, 0.2) is 30.3 Å². The molecule has 0 atom stereocenters. The summed E-state index contributed by atoms with van der Waals surface area (Å²) in [7, 11) is 0. The first-order chi connectivity index (χ1) is 8.22. The van der Waals surface area contributed by atoms with Gasteiger partial charge in [-0.1, -0.05) is 30.3 Å². The molecule has 0 amide bonds. The molecule has 1 aromatic heterocycles. The van der Waals surface area contributed by atoms with Crippen LogP contribution in [0, 0.1) is 6.92 Å². The largest absolute Gasteiger partial charge is 0.382 e. The zero-order valence-electron chi connectivity index (χ0n) is 9.72. The number of rotatable bonds is 2. The Labute approximate surface area is 99.9 Å². The molecule has 2 N–H and O–H groups in total. The molecule has 0 radical (unpaired) electrons. The minimum atomic E-state index is -0.0426. The summed E-state index contributed by atoms with van der Waals surface area (Å²) in [5, 5.41) is 8.28. The zero-order valence-corrected chi connectivity index (χ0v) is 9.72. The fraction of sp³-hybridized carbons (Fsp3) is 0.308. The Balaban J connectivity index is 2.10. The number of anilines is 1. The van der Waals surface area contributed by atoms with Crippen LogP contribution in [0.4, 0.5) is 5.82 Å². The molecule has 4 heteroatoms. The predicted octanol–water partition coefficient (Wildman–Crippen LogP) is 1.84. The van der Waals surface area contributed by atoms with Crippen molar-refractivity contribution in [3.8, 4) is 0 Å². The Kier molecular flexibility index (Phi) is 2.11. The van der Waals surface area contributed by atoms with Gasteiger partial charge in [-0.25, -0.2) is 4.98 Å². The van der Waals surface area contributed by atoms with Gasteiger partial charge in [0.1, 0.15) is 17.3 Å². The third-order valence-electron chi connectivity index (χ3n) is 3.35. The normalized spacial score (nSPS) is 16.8. The highest BCUT2D eigenvalue weighted by Crippen LogP contribution is 2.53. The number of hydrogen-bond donors (Lipinski definition) is 1. The van der Waals surface area contributed by atoms with Crippen molar-refractivity contribution in [1.82, 2.24) is 15.2 Å². The number of nitrogen functional groups attached to an aromatic ring is 1. The van der Waals surface area contributed by atoms with Crippen molar-refractivity contribution >= 4 is 5.82 Å². The van der Waals surface area contributed by atoms with E-state index in [1.54, 1.807) is 6.92 Å². The molecule has 0 spiro atoms. The predicted molar refractivity (Wildman–Crippen MR) is 65.4 cm³/mol.